The van der Waals surface area contributed by atoms with Gasteiger partial charge in [0.25, 0.3) is 0 Å². The van der Waals surface area contributed by atoms with Crippen molar-refractivity contribution in [2.45, 2.75) is 0 Å². The third kappa shape index (κ3) is 8.97. The summed E-state index contributed by atoms with van der Waals surface area (Å²) in [6.45, 7) is 0. The van der Waals surface area contributed by atoms with Crippen molar-refractivity contribution in [3.05, 3.63) is 0 Å². The molecule has 22 valence electrons. The van der Waals surface area contributed by atoms with Gasteiger partial charge in [-0.3, -0.25) is 0 Å². The summed E-state index contributed by atoms with van der Waals surface area (Å²) in [5, 5.41) is 0. The van der Waals surface area contributed by atoms with Crippen LogP contribution in [0.15, 0.2) is 0 Å². The van der Waals surface area contributed by atoms with E-state index in [0.717, 1.165) is 0 Å². The van der Waals surface area contributed by atoms with Gasteiger partial charge in [-0.15, -0.1) is 0 Å². The second-order valence-corrected chi connectivity index (χ2v) is 0. The first kappa shape index (κ1) is 36.7. The van der Waals surface area contributed by atoms with E-state index in [2.05, 4.69) is 0 Å². The maximum absolute atomic E-state index is 0. The Labute approximate surface area is 71.1 Å². The van der Waals surface area contributed by atoms with E-state index in [1.807, 2.05) is 0 Å². The molecule has 0 nitrogen and oxygen atoms in total. The molecule has 0 rings (SSSR count). The first-order chi connectivity index (χ1) is 0. The molecule has 0 saturated heterocycles. The Morgan fingerprint density at radius 3 is 1.25 bits per heavy atom. The molecule has 0 unspecified atom stereocenters. The fourth-order valence-corrected chi connectivity index (χ4v) is 0. The number of rotatable bonds is 0. The molecule has 0 atom stereocenters. The summed E-state index contributed by atoms with van der Waals surface area (Å²) >= 11 is 0. The first-order valence-corrected chi connectivity index (χ1v) is 0. The van der Waals surface area contributed by atoms with E-state index in [1.54, 1.807) is 0 Å². The van der Waals surface area contributed by atoms with Gasteiger partial charge >= 0.3 is 23.1 Å². The normalized spacial score (nSPS) is 0. The molecule has 0 spiro atoms. The van der Waals surface area contributed by atoms with E-state index in [4.69, 9.17) is 0 Å². The van der Waals surface area contributed by atoms with Crippen molar-refractivity contribution in [1.82, 2.24) is 0 Å². The van der Waals surface area contributed by atoms with Crippen LogP contribution >= 0.6 is 0 Å². The van der Waals surface area contributed by atoms with Gasteiger partial charge in [0.1, 0.15) is 17.4 Å². The minimum atomic E-state index is 0. The summed E-state index contributed by atoms with van der Waals surface area (Å²) in [5.74, 6) is 0. The van der Waals surface area contributed by atoms with Gasteiger partial charge in [-0.2, -0.15) is 0 Å². The van der Waals surface area contributed by atoms with Crippen molar-refractivity contribution in [3.63, 3.8) is 0 Å². The molecule has 4 heteroatoms. The molecule has 4 heavy (non-hydrogen) atoms. The Kier molecular flexibility index (Phi) is 181. The van der Waals surface area contributed by atoms with Gasteiger partial charge in [-0.05, 0) is 11.0 Å². The van der Waals surface area contributed by atoms with Crippen LogP contribution in [0.1, 0.15) is 2.85 Å². The summed E-state index contributed by atoms with van der Waals surface area (Å²) in [5.41, 5.74) is 0. The molecule has 0 N–H and O–H groups in total. The van der Waals surface area contributed by atoms with Gasteiger partial charge in [-0.25, -0.2) is 0 Å². The fourth-order valence-electron chi connectivity index (χ4n) is 0. The monoisotopic (exact) mass is 116 g/mol. The van der Waals surface area contributed by atoms with E-state index in [9.17, 15) is 0 Å². The predicted molar refractivity (Wildman–Crippen MR) is 36.4 cm³/mol. The molecule has 0 amide bonds. The Morgan fingerprint density at radius 1 is 1.25 bits per heavy atom. The van der Waals surface area contributed by atoms with Gasteiger partial charge in [0.15, 0.2) is 17.4 Å². The molecule has 0 aliphatic carbocycles. The number of hydrogen-bond donors (Lipinski definition) is 0. The van der Waals surface area contributed by atoms with Crippen molar-refractivity contribution < 1.29 is 2.85 Å². The zero-order valence-electron chi connectivity index (χ0n) is 4.71. The molecular weight excluding hydrogens is 106 g/mol. The van der Waals surface area contributed by atoms with Gasteiger partial charge in [0.05, 0.1) is 0 Å². The molecule has 0 aromatic carbocycles. The van der Waals surface area contributed by atoms with Crippen LogP contribution < -0.4 is 0 Å². The van der Waals surface area contributed by atoms with Gasteiger partial charge in [-0.1, -0.05) is 0 Å². The van der Waals surface area contributed by atoms with Crippen LogP contribution in [0.4, 0.5) is 0 Å². The van der Waals surface area contributed by atoms with Crippen LogP contribution in [-0.2, 0) is 0 Å². The Hall–Kier alpha value is 2.05. The molecule has 0 aromatic heterocycles. The average Bonchev–Trinajstić information content (AvgIpc) is 0. The Balaban J connectivity index is 0. The summed E-state index contributed by atoms with van der Waals surface area (Å²) in [6, 6.07) is 0. The fraction of sp³-hybridized carbons (Fsp3) is 0. The standard InChI is InChI=1S/2Al.Mg.H3Si.7H/h;;;1H3;;;;;;;/q;;+2;;;;;;;2*-1. The topological polar surface area (TPSA) is 0 Å². The summed E-state index contributed by atoms with van der Waals surface area (Å²) in [6.07, 6.45) is 0. The van der Waals surface area contributed by atoms with E-state index < -0.39 is 0 Å². The Bertz CT molecular complexity index is 11.5. The van der Waals surface area contributed by atoms with E-state index in [0.29, 0.717) is 0 Å². The Morgan fingerprint density at radius 2 is 1.25 bits per heavy atom. The van der Waals surface area contributed by atoms with Crippen molar-refractivity contribution in [2.24, 2.45) is 0 Å². The van der Waals surface area contributed by atoms with Crippen LogP contribution in [0, 0.1) is 0 Å². The second kappa shape index (κ2) is 19.7. The maximum Gasteiger partial charge on any atom is 2.00 e. The molecular formula is H10Al2MgSi. The number of hydrogen-bond acceptors (Lipinski definition) is 0. The summed E-state index contributed by atoms with van der Waals surface area (Å²) in [4.78, 5) is 0. The van der Waals surface area contributed by atoms with Gasteiger partial charge in [0, 0.05) is 0 Å². The minimum absolute atomic E-state index is 0. The summed E-state index contributed by atoms with van der Waals surface area (Å²) in [7, 11) is 0. The van der Waals surface area contributed by atoms with Crippen LogP contribution in [0.3, 0.4) is 0 Å². The minimum Gasteiger partial charge on any atom is -1.00 e. The van der Waals surface area contributed by atoms with Crippen LogP contribution in [0.5, 0.6) is 0 Å². The molecule has 0 heterocycles. The molecule has 0 aliphatic rings. The SMILES string of the molecule is [AlH2].[AlH3].[H-].[H-].[Mg+2].[SiH3]. The average molecular weight is 116 g/mol. The molecule has 0 saturated carbocycles. The largest absolute Gasteiger partial charge is 2.00 e. The third-order valence-electron chi connectivity index (χ3n) is 0. The van der Waals surface area contributed by atoms with E-state index in [-0.39, 0.29) is 71.6 Å². The molecule has 0 aliphatic heterocycles. The van der Waals surface area contributed by atoms with Crippen LogP contribution in [0.2, 0.25) is 0 Å². The first-order valence-electron chi connectivity index (χ1n) is 0. The van der Waals surface area contributed by atoms with Crippen LogP contribution in [0.25, 0.3) is 0 Å². The molecule has 2 radical (unpaired) electrons. The van der Waals surface area contributed by atoms with Gasteiger partial charge < -0.3 is 2.85 Å². The predicted octanol–water partition coefficient (Wildman–Crippen LogP) is -3.44. The van der Waals surface area contributed by atoms with Crippen molar-refractivity contribution in [1.29, 1.82) is 0 Å². The summed E-state index contributed by atoms with van der Waals surface area (Å²) < 4.78 is 0. The van der Waals surface area contributed by atoms with Crippen molar-refractivity contribution in [2.75, 3.05) is 0 Å². The van der Waals surface area contributed by atoms with Crippen molar-refractivity contribution in [3.8, 4) is 0 Å². The van der Waals surface area contributed by atoms with Crippen LogP contribution in [-0.4, -0.2) is 68.7 Å². The smallest absolute Gasteiger partial charge is 1.00 e. The zero-order chi connectivity index (χ0) is 0. The molecule has 0 fully saturated rings. The van der Waals surface area contributed by atoms with E-state index in [1.165, 1.54) is 0 Å². The van der Waals surface area contributed by atoms with Crippen molar-refractivity contribution >= 4 is 68.7 Å². The quantitative estimate of drug-likeness (QED) is 0.289. The maximum atomic E-state index is 0. The van der Waals surface area contributed by atoms with Gasteiger partial charge in [0.2, 0.25) is 0 Å². The van der Waals surface area contributed by atoms with E-state index >= 15 is 0 Å². The zero-order valence-corrected chi connectivity index (χ0v) is 8.12. The third-order valence-corrected chi connectivity index (χ3v) is 0. The second-order valence-electron chi connectivity index (χ2n) is 0. The molecule has 0 aromatic rings. The molecule has 0 bridgehead atoms.